The van der Waals surface area contributed by atoms with E-state index in [0.29, 0.717) is 6.42 Å². The van der Waals surface area contributed by atoms with Crippen LogP contribution >= 0.6 is 0 Å². The summed E-state index contributed by atoms with van der Waals surface area (Å²) in [6.45, 7) is 5.47. The van der Waals surface area contributed by atoms with Crippen molar-refractivity contribution in [3.63, 3.8) is 0 Å². The Hall–Kier alpha value is -1.35. The van der Waals surface area contributed by atoms with Gasteiger partial charge in [-0.3, -0.25) is 9.69 Å². The molecule has 88 valence electrons. The Labute approximate surface area is 96.8 Å². The average Bonchev–Trinajstić information content (AvgIpc) is 2.53. The lowest BCUT2D eigenvalue weighted by Gasteiger charge is -2.27. The van der Waals surface area contributed by atoms with E-state index >= 15 is 0 Å². The third-order valence-electron chi connectivity index (χ3n) is 2.78. The maximum absolute atomic E-state index is 11.3. The molecule has 0 spiro atoms. The molecule has 3 heteroatoms. The molecule has 0 fully saturated rings. The maximum atomic E-state index is 11.3. The van der Waals surface area contributed by atoms with Crippen molar-refractivity contribution in [1.29, 1.82) is 0 Å². The van der Waals surface area contributed by atoms with Gasteiger partial charge in [0.05, 0.1) is 0 Å². The Morgan fingerprint density at radius 1 is 1.38 bits per heavy atom. The van der Waals surface area contributed by atoms with Gasteiger partial charge in [0.25, 0.3) is 0 Å². The lowest BCUT2D eigenvalue weighted by Crippen LogP contribution is -2.42. The van der Waals surface area contributed by atoms with Crippen molar-refractivity contribution >= 4 is 5.97 Å². The number of aliphatic carboxylic acids is 1. The van der Waals surface area contributed by atoms with Crippen molar-refractivity contribution in [3.05, 3.63) is 36.0 Å². The number of carbonyl (C=O) groups is 1. The number of rotatable bonds is 5. The van der Waals surface area contributed by atoms with E-state index in [1.165, 1.54) is 0 Å². The van der Waals surface area contributed by atoms with Gasteiger partial charge in [0, 0.05) is 0 Å². The number of nitrogens with zero attached hydrogens (tertiary/aromatic N) is 1. The lowest BCUT2D eigenvalue weighted by atomic mass is 10.0. The smallest absolute Gasteiger partial charge is 0.325 e. The summed E-state index contributed by atoms with van der Waals surface area (Å²) in [5, 5.41) is 9.32. The molecule has 1 aliphatic carbocycles. The van der Waals surface area contributed by atoms with Crippen LogP contribution in [0.15, 0.2) is 36.0 Å². The topological polar surface area (TPSA) is 40.5 Å². The minimum atomic E-state index is -0.765. The van der Waals surface area contributed by atoms with Gasteiger partial charge < -0.3 is 5.11 Å². The normalized spacial score (nSPS) is 17.1. The molecule has 1 rings (SSSR count). The zero-order chi connectivity index (χ0) is 12.0. The van der Waals surface area contributed by atoms with E-state index in [0.717, 1.165) is 18.7 Å². The molecule has 0 aromatic heterocycles. The molecule has 0 heterocycles. The van der Waals surface area contributed by atoms with Crippen molar-refractivity contribution in [2.24, 2.45) is 0 Å². The highest BCUT2D eigenvalue weighted by Crippen LogP contribution is 2.17. The summed E-state index contributed by atoms with van der Waals surface area (Å²) in [6, 6.07) is -0.498. The zero-order valence-electron chi connectivity index (χ0n) is 9.89. The van der Waals surface area contributed by atoms with Gasteiger partial charge in [0.15, 0.2) is 0 Å². The fourth-order valence-corrected chi connectivity index (χ4v) is 1.93. The van der Waals surface area contributed by atoms with Crippen LogP contribution in [0.5, 0.6) is 0 Å². The highest BCUT2D eigenvalue weighted by atomic mass is 16.4. The van der Waals surface area contributed by atoms with Crippen molar-refractivity contribution < 1.29 is 9.90 Å². The van der Waals surface area contributed by atoms with E-state index in [2.05, 4.69) is 0 Å². The van der Waals surface area contributed by atoms with Crippen LogP contribution in [0.2, 0.25) is 0 Å². The van der Waals surface area contributed by atoms with Crippen LogP contribution in [0, 0.1) is 0 Å². The summed E-state index contributed by atoms with van der Waals surface area (Å²) in [5.74, 6) is -0.765. The molecule has 0 amide bonds. The van der Waals surface area contributed by atoms with E-state index < -0.39 is 12.0 Å². The van der Waals surface area contributed by atoms with Gasteiger partial charge in [-0.05, 0) is 25.1 Å². The molecule has 1 aliphatic rings. The van der Waals surface area contributed by atoms with Gasteiger partial charge in [-0.1, -0.05) is 44.2 Å². The van der Waals surface area contributed by atoms with E-state index in [1.54, 1.807) is 0 Å². The third-order valence-corrected chi connectivity index (χ3v) is 2.78. The highest BCUT2D eigenvalue weighted by Gasteiger charge is 2.26. The molecule has 0 aromatic rings. The summed E-state index contributed by atoms with van der Waals surface area (Å²) in [4.78, 5) is 13.3. The van der Waals surface area contributed by atoms with Crippen LogP contribution in [0.25, 0.3) is 0 Å². The van der Waals surface area contributed by atoms with Gasteiger partial charge in [-0.15, -0.1) is 0 Å². The van der Waals surface area contributed by atoms with Gasteiger partial charge in [0.1, 0.15) is 6.04 Å². The molecule has 1 atom stereocenters. The molecule has 0 bridgehead atoms. The van der Waals surface area contributed by atoms with Crippen LogP contribution < -0.4 is 0 Å². The van der Waals surface area contributed by atoms with Crippen molar-refractivity contribution in [3.8, 4) is 0 Å². The Morgan fingerprint density at radius 3 is 2.62 bits per heavy atom. The Bertz CT molecular complexity index is 325. The summed E-state index contributed by atoms with van der Waals surface area (Å²) in [5.41, 5.74) is 0.946. The molecule has 0 radical (unpaired) electrons. The SMILES string of the molecule is CCN(CC)C(C(=O)O)C1=CC=CC=CC1. The number of hydrogen-bond acceptors (Lipinski definition) is 2. The number of carboxylic acid groups (broad SMARTS) is 1. The Balaban J connectivity index is 2.93. The van der Waals surface area contributed by atoms with Crippen molar-refractivity contribution in [2.45, 2.75) is 26.3 Å². The number of carboxylic acids is 1. The number of allylic oxidation sites excluding steroid dienone is 5. The van der Waals surface area contributed by atoms with Gasteiger partial charge in [-0.2, -0.15) is 0 Å². The number of hydrogen-bond donors (Lipinski definition) is 1. The predicted octanol–water partition coefficient (Wildman–Crippen LogP) is 2.22. The molecular formula is C13H19NO2. The van der Waals surface area contributed by atoms with E-state index in [-0.39, 0.29) is 0 Å². The fourth-order valence-electron chi connectivity index (χ4n) is 1.93. The molecule has 0 aliphatic heterocycles. The quantitative estimate of drug-likeness (QED) is 0.774. The minimum Gasteiger partial charge on any atom is -0.480 e. The molecule has 0 saturated heterocycles. The zero-order valence-corrected chi connectivity index (χ0v) is 9.89. The molecule has 0 aromatic carbocycles. The monoisotopic (exact) mass is 221 g/mol. The summed E-state index contributed by atoms with van der Waals surface area (Å²) in [6.07, 6.45) is 10.4. The summed E-state index contributed by atoms with van der Waals surface area (Å²) in [7, 11) is 0. The minimum absolute atomic E-state index is 0.498. The first kappa shape index (κ1) is 12.7. The van der Waals surface area contributed by atoms with Crippen LogP contribution in [0.1, 0.15) is 20.3 Å². The summed E-state index contributed by atoms with van der Waals surface area (Å²) >= 11 is 0. The first-order valence-electron chi connectivity index (χ1n) is 5.69. The first-order valence-corrected chi connectivity index (χ1v) is 5.69. The fraction of sp³-hybridized carbons (Fsp3) is 0.462. The standard InChI is InChI=1S/C13H19NO2/c1-3-14(4-2)12(13(15)16)11-9-7-5-6-8-10-11/h5-9,12H,3-4,10H2,1-2H3,(H,15,16). The molecule has 1 N–H and O–H groups in total. The summed E-state index contributed by atoms with van der Waals surface area (Å²) < 4.78 is 0. The van der Waals surface area contributed by atoms with E-state index in [4.69, 9.17) is 0 Å². The first-order chi connectivity index (χ1) is 7.70. The van der Waals surface area contributed by atoms with Crippen molar-refractivity contribution in [1.82, 2.24) is 4.90 Å². The van der Waals surface area contributed by atoms with E-state index in [1.807, 2.05) is 49.1 Å². The lowest BCUT2D eigenvalue weighted by molar-refractivity contribution is -0.141. The second-order valence-electron chi connectivity index (χ2n) is 3.72. The van der Waals surface area contributed by atoms with E-state index in [9.17, 15) is 9.90 Å². The van der Waals surface area contributed by atoms with Crippen LogP contribution in [0.4, 0.5) is 0 Å². The van der Waals surface area contributed by atoms with Crippen LogP contribution in [0.3, 0.4) is 0 Å². The largest absolute Gasteiger partial charge is 0.480 e. The average molecular weight is 221 g/mol. The Kier molecular flexibility index (Phi) is 4.99. The van der Waals surface area contributed by atoms with Gasteiger partial charge in [0.2, 0.25) is 0 Å². The Morgan fingerprint density at radius 2 is 2.06 bits per heavy atom. The number of likely N-dealkylation sites (N-methyl/N-ethyl adjacent to an activating group) is 1. The van der Waals surface area contributed by atoms with Crippen molar-refractivity contribution in [2.75, 3.05) is 13.1 Å². The molecule has 16 heavy (non-hydrogen) atoms. The second kappa shape index (κ2) is 6.28. The highest BCUT2D eigenvalue weighted by molar-refractivity contribution is 5.77. The third kappa shape index (κ3) is 3.07. The molecule has 3 nitrogen and oxygen atoms in total. The predicted molar refractivity (Wildman–Crippen MR) is 65.3 cm³/mol. The molecule has 0 saturated carbocycles. The second-order valence-corrected chi connectivity index (χ2v) is 3.72. The maximum Gasteiger partial charge on any atom is 0.325 e. The van der Waals surface area contributed by atoms with Crippen LogP contribution in [-0.4, -0.2) is 35.1 Å². The molecule has 1 unspecified atom stereocenters. The van der Waals surface area contributed by atoms with Gasteiger partial charge >= 0.3 is 5.97 Å². The van der Waals surface area contributed by atoms with Gasteiger partial charge in [-0.25, -0.2) is 0 Å². The van der Waals surface area contributed by atoms with Crippen LogP contribution in [-0.2, 0) is 4.79 Å². The molecular weight excluding hydrogens is 202 g/mol.